The molecule has 1 fully saturated rings. The molecular weight excluding hydrogens is 430 g/mol. The van der Waals surface area contributed by atoms with Gasteiger partial charge in [0.1, 0.15) is 0 Å². The number of carbonyl (C=O) groups is 1. The van der Waals surface area contributed by atoms with Gasteiger partial charge in [0.2, 0.25) is 10.0 Å². The van der Waals surface area contributed by atoms with Crippen LogP contribution in [0.5, 0.6) is 0 Å². The zero-order chi connectivity index (χ0) is 14.9. The number of ketones is 1. The smallest absolute Gasteiger partial charge is 0.211 e. The number of halogens is 2. The van der Waals surface area contributed by atoms with Gasteiger partial charge in [-0.05, 0) is 56.7 Å². The molecule has 0 radical (unpaired) electrons. The Morgan fingerprint density at radius 1 is 1.50 bits per heavy atom. The predicted molar refractivity (Wildman–Crippen MR) is 87.8 cm³/mol. The van der Waals surface area contributed by atoms with Gasteiger partial charge in [0.05, 0.1) is 13.8 Å². The lowest BCUT2D eigenvalue weighted by molar-refractivity contribution is 0.0942. The summed E-state index contributed by atoms with van der Waals surface area (Å²) in [7, 11) is -3.16. The number of nitrogens with zero attached hydrogens (tertiary/aromatic N) is 1. The largest absolute Gasteiger partial charge is 0.294 e. The van der Waals surface area contributed by atoms with Gasteiger partial charge < -0.3 is 0 Å². The Labute approximate surface area is 139 Å². The second-order valence-electron chi connectivity index (χ2n) is 4.99. The third-order valence-corrected chi connectivity index (χ3v) is 6.99. The molecule has 1 aromatic heterocycles. The molecule has 0 saturated carbocycles. The standard InChI is InChI=1S/C12H15Br2NO3S2/c1-20(17,18)15-4-2-3-8(7-15)5-10(16)9-6-11(13)19-12(9)14/h6,8H,2-5,7H2,1H3. The molecule has 0 aliphatic carbocycles. The fourth-order valence-electron chi connectivity index (χ4n) is 2.40. The van der Waals surface area contributed by atoms with Crippen LogP contribution >= 0.6 is 43.2 Å². The molecule has 0 spiro atoms. The van der Waals surface area contributed by atoms with E-state index in [0.29, 0.717) is 25.1 Å². The van der Waals surface area contributed by atoms with Crippen LogP contribution < -0.4 is 0 Å². The molecule has 4 nitrogen and oxygen atoms in total. The van der Waals surface area contributed by atoms with Crippen LogP contribution in [0.3, 0.4) is 0 Å². The molecule has 1 aliphatic heterocycles. The molecule has 8 heteroatoms. The summed E-state index contributed by atoms with van der Waals surface area (Å²) in [5, 5.41) is 0. The van der Waals surface area contributed by atoms with E-state index >= 15 is 0 Å². The summed E-state index contributed by atoms with van der Waals surface area (Å²) in [5.74, 6) is 0.177. The summed E-state index contributed by atoms with van der Waals surface area (Å²) in [6, 6.07) is 1.81. The van der Waals surface area contributed by atoms with Crippen LogP contribution in [0.1, 0.15) is 29.6 Å². The van der Waals surface area contributed by atoms with Crippen LogP contribution in [-0.2, 0) is 10.0 Å². The minimum atomic E-state index is -3.16. The summed E-state index contributed by atoms with van der Waals surface area (Å²) in [6.07, 6.45) is 3.35. The van der Waals surface area contributed by atoms with E-state index in [1.807, 2.05) is 6.07 Å². The average molecular weight is 445 g/mol. The van der Waals surface area contributed by atoms with Crippen molar-refractivity contribution in [3.8, 4) is 0 Å². The van der Waals surface area contributed by atoms with Gasteiger partial charge in [-0.3, -0.25) is 4.79 Å². The Kier molecular flexibility index (Phi) is 5.45. The number of thiophene rings is 1. The molecular formula is C12H15Br2NO3S2. The van der Waals surface area contributed by atoms with Crippen LogP contribution in [0.25, 0.3) is 0 Å². The van der Waals surface area contributed by atoms with Gasteiger partial charge in [0.15, 0.2) is 5.78 Å². The number of sulfonamides is 1. The number of rotatable bonds is 4. The second-order valence-corrected chi connectivity index (χ2v) is 10.7. The number of piperidine rings is 1. The van der Waals surface area contributed by atoms with Gasteiger partial charge in [-0.15, -0.1) is 11.3 Å². The zero-order valence-electron chi connectivity index (χ0n) is 10.9. The Bertz CT molecular complexity index is 612. The maximum Gasteiger partial charge on any atom is 0.211 e. The van der Waals surface area contributed by atoms with Crippen molar-refractivity contribution < 1.29 is 13.2 Å². The Balaban J connectivity index is 2.03. The predicted octanol–water partition coefficient (Wildman–Crippen LogP) is 3.52. The lowest BCUT2D eigenvalue weighted by Crippen LogP contribution is -2.39. The van der Waals surface area contributed by atoms with E-state index in [0.717, 1.165) is 20.4 Å². The Morgan fingerprint density at radius 2 is 2.20 bits per heavy atom. The molecule has 0 aromatic carbocycles. The first-order valence-electron chi connectivity index (χ1n) is 6.20. The highest BCUT2D eigenvalue weighted by Gasteiger charge is 2.28. The lowest BCUT2D eigenvalue weighted by atomic mass is 9.92. The van der Waals surface area contributed by atoms with Crippen LogP contribution in [0.4, 0.5) is 0 Å². The van der Waals surface area contributed by atoms with Crippen molar-refractivity contribution in [1.29, 1.82) is 0 Å². The van der Waals surface area contributed by atoms with Crippen molar-refractivity contribution in [1.82, 2.24) is 4.31 Å². The molecule has 2 heterocycles. The summed E-state index contributed by atoms with van der Waals surface area (Å²) < 4.78 is 26.4. The molecule has 0 bridgehead atoms. The van der Waals surface area contributed by atoms with Gasteiger partial charge in [0.25, 0.3) is 0 Å². The van der Waals surface area contributed by atoms with Crippen LogP contribution in [-0.4, -0.2) is 37.9 Å². The molecule has 1 aromatic rings. The van der Waals surface area contributed by atoms with E-state index in [2.05, 4.69) is 31.9 Å². The molecule has 2 rings (SSSR count). The van der Waals surface area contributed by atoms with Crippen molar-refractivity contribution in [2.75, 3.05) is 19.3 Å². The van der Waals surface area contributed by atoms with Gasteiger partial charge in [-0.25, -0.2) is 12.7 Å². The molecule has 1 atom stereocenters. The lowest BCUT2D eigenvalue weighted by Gasteiger charge is -2.30. The highest BCUT2D eigenvalue weighted by atomic mass is 79.9. The monoisotopic (exact) mass is 443 g/mol. The van der Waals surface area contributed by atoms with Crippen molar-refractivity contribution in [3.63, 3.8) is 0 Å². The molecule has 112 valence electrons. The van der Waals surface area contributed by atoms with Crippen molar-refractivity contribution in [2.45, 2.75) is 19.3 Å². The maximum atomic E-state index is 12.3. The Morgan fingerprint density at radius 3 is 2.75 bits per heavy atom. The molecule has 20 heavy (non-hydrogen) atoms. The average Bonchev–Trinajstić information content (AvgIpc) is 2.68. The molecule has 1 unspecified atom stereocenters. The SMILES string of the molecule is CS(=O)(=O)N1CCCC(CC(=O)c2cc(Br)sc2Br)C1. The van der Waals surface area contributed by atoms with E-state index in [-0.39, 0.29) is 11.7 Å². The highest BCUT2D eigenvalue weighted by Crippen LogP contribution is 2.34. The molecule has 0 amide bonds. The molecule has 0 N–H and O–H groups in total. The third-order valence-electron chi connectivity index (χ3n) is 3.38. The maximum absolute atomic E-state index is 12.3. The number of Topliss-reactive ketones (excluding diaryl/α,β-unsaturated/α-hetero) is 1. The first-order chi connectivity index (χ1) is 9.27. The van der Waals surface area contributed by atoms with Gasteiger partial charge >= 0.3 is 0 Å². The van der Waals surface area contributed by atoms with E-state index in [9.17, 15) is 13.2 Å². The van der Waals surface area contributed by atoms with E-state index in [4.69, 9.17) is 0 Å². The van der Waals surface area contributed by atoms with Crippen molar-refractivity contribution in [2.24, 2.45) is 5.92 Å². The quantitative estimate of drug-likeness (QED) is 0.667. The summed E-state index contributed by atoms with van der Waals surface area (Å²) in [5.41, 5.74) is 0.679. The van der Waals surface area contributed by atoms with Crippen LogP contribution in [0, 0.1) is 5.92 Å². The summed E-state index contributed by atoms with van der Waals surface area (Å²) in [6.45, 7) is 1.02. The fourth-order valence-corrected chi connectivity index (χ4v) is 6.20. The molecule has 1 aliphatic rings. The van der Waals surface area contributed by atoms with Gasteiger partial charge in [-0.1, -0.05) is 0 Å². The van der Waals surface area contributed by atoms with Gasteiger partial charge in [-0.2, -0.15) is 0 Å². The minimum Gasteiger partial charge on any atom is -0.294 e. The molecule has 1 saturated heterocycles. The number of hydrogen-bond acceptors (Lipinski definition) is 4. The minimum absolute atomic E-state index is 0.0687. The van der Waals surface area contributed by atoms with Crippen molar-refractivity contribution in [3.05, 3.63) is 19.2 Å². The summed E-state index contributed by atoms with van der Waals surface area (Å²) in [4.78, 5) is 12.3. The van der Waals surface area contributed by atoms with E-state index < -0.39 is 10.0 Å². The van der Waals surface area contributed by atoms with Gasteiger partial charge in [0, 0.05) is 25.1 Å². The van der Waals surface area contributed by atoms with Crippen LogP contribution in [0.2, 0.25) is 0 Å². The fraction of sp³-hybridized carbons (Fsp3) is 0.583. The zero-order valence-corrected chi connectivity index (χ0v) is 15.7. The third kappa shape index (κ3) is 4.13. The van der Waals surface area contributed by atoms with Crippen LogP contribution in [0.15, 0.2) is 13.6 Å². The highest BCUT2D eigenvalue weighted by molar-refractivity contribution is 9.12. The topological polar surface area (TPSA) is 54.5 Å². The number of carbonyl (C=O) groups excluding carboxylic acids is 1. The number of hydrogen-bond donors (Lipinski definition) is 0. The first-order valence-corrected chi connectivity index (χ1v) is 10.5. The van der Waals surface area contributed by atoms with E-state index in [1.54, 1.807) is 0 Å². The van der Waals surface area contributed by atoms with E-state index in [1.165, 1.54) is 21.9 Å². The van der Waals surface area contributed by atoms with Crippen molar-refractivity contribution >= 4 is 59.0 Å². The Hall–Kier alpha value is 0.240. The first kappa shape index (κ1) is 16.6. The second kappa shape index (κ2) is 6.56. The summed E-state index contributed by atoms with van der Waals surface area (Å²) >= 11 is 8.22. The normalized spacial score (nSPS) is 21.1.